The van der Waals surface area contributed by atoms with Gasteiger partial charge in [0.2, 0.25) is 0 Å². The number of benzene rings is 1. The highest BCUT2D eigenvalue weighted by Gasteiger charge is 2.22. The molecule has 0 fully saturated rings. The lowest BCUT2D eigenvalue weighted by Gasteiger charge is -2.22. The molecule has 24 heavy (non-hydrogen) atoms. The third-order valence-electron chi connectivity index (χ3n) is 3.36. The molecule has 1 aromatic carbocycles. The van der Waals surface area contributed by atoms with Crippen LogP contribution in [-0.2, 0) is 6.54 Å². The quantitative estimate of drug-likeness (QED) is 0.643. The fourth-order valence-corrected chi connectivity index (χ4v) is 3.04. The van der Waals surface area contributed by atoms with E-state index in [4.69, 9.17) is 11.6 Å². The van der Waals surface area contributed by atoms with E-state index in [0.29, 0.717) is 5.69 Å². The second-order valence-electron chi connectivity index (χ2n) is 5.07. The first-order valence-electron chi connectivity index (χ1n) is 7.13. The normalized spacial score (nSPS) is 10.6. The SMILES string of the molecule is Cc1nc(CN(C(=O)c2cccnc2Cl)c2ccc(F)cc2)cs1. The lowest BCUT2D eigenvalue weighted by atomic mass is 10.2. The first-order valence-corrected chi connectivity index (χ1v) is 8.39. The van der Waals surface area contributed by atoms with Crippen LogP contribution >= 0.6 is 22.9 Å². The van der Waals surface area contributed by atoms with E-state index in [9.17, 15) is 9.18 Å². The summed E-state index contributed by atoms with van der Waals surface area (Å²) in [6.07, 6.45) is 1.52. The zero-order valence-electron chi connectivity index (χ0n) is 12.7. The highest BCUT2D eigenvalue weighted by atomic mass is 35.5. The van der Waals surface area contributed by atoms with Crippen LogP contribution in [0.1, 0.15) is 21.1 Å². The number of rotatable bonds is 4. The number of amides is 1. The molecule has 0 radical (unpaired) electrons. The maximum Gasteiger partial charge on any atom is 0.261 e. The number of halogens is 2. The first kappa shape index (κ1) is 16.5. The van der Waals surface area contributed by atoms with Crippen molar-refractivity contribution in [3.8, 4) is 0 Å². The molecule has 2 aromatic heterocycles. The minimum Gasteiger partial charge on any atom is -0.302 e. The molecule has 0 bridgehead atoms. The Labute approximate surface area is 147 Å². The van der Waals surface area contributed by atoms with Crippen molar-refractivity contribution in [1.29, 1.82) is 0 Å². The molecule has 0 saturated carbocycles. The predicted octanol–water partition coefficient (Wildman–Crippen LogP) is 4.49. The highest BCUT2D eigenvalue weighted by molar-refractivity contribution is 7.09. The summed E-state index contributed by atoms with van der Waals surface area (Å²) < 4.78 is 13.2. The summed E-state index contributed by atoms with van der Waals surface area (Å²) in [6.45, 7) is 2.16. The van der Waals surface area contributed by atoms with Gasteiger partial charge in [-0.1, -0.05) is 11.6 Å². The van der Waals surface area contributed by atoms with Crippen LogP contribution in [0.5, 0.6) is 0 Å². The van der Waals surface area contributed by atoms with Crippen molar-refractivity contribution in [3.05, 3.63) is 75.2 Å². The van der Waals surface area contributed by atoms with Crippen LogP contribution in [0, 0.1) is 12.7 Å². The Morgan fingerprint density at radius 3 is 2.67 bits per heavy atom. The van der Waals surface area contributed by atoms with Crippen LogP contribution in [0.4, 0.5) is 10.1 Å². The molecule has 2 heterocycles. The van der Waals surface area contributed by atoms with E-state index < -0.39 is 0 Å². The summed E-state index contributed by atoms with van der Waals surface area (Å²) in [5, 5.41) is 2.93. The molecule has 7 heteroatoms. The van der Waals surface area contributed by atoms with Crippen LogP contribution in [0.2, 0.25) is 5.15 Å². The van der Waals surface area contributed by atoms with Crippen molar-refractivity contribution in [2.45, 2.75) is 13.5 Å². The Morgan fingerprint density at radius 1 is 1.29 bits per heavy atom. The molecule has 3 rings (SSSR count). The zero-order chi connectivity index (χ0) is 17.1. The number of carbonyl (C=O) groups is 1. The Balaban J connectivity index is 1.99. The second kappa shape index (κ2) is 7.07. The van der Waals surface area contributed by atoms with Gasteiger partial charge in [0.15, 0.2) is 0 Å². The third kappa shape index (κ3) is 3.60. The summed E-state index contributed by atoms with van der Waals surface area (Å²) in [4.78, 5) is 22.8. The Hall–Kier alpha value is -2.31. The molecule has 0 aliphatic heterocycles. The Kier molecular flexibility index (Phi) is 4.87. The summed E-state index contributed by atoms with van der Waals surface area (Å²) in [7, 11) is 0. The molecule has 0 unspecified atom stereocenters. The Morgan fingerprint density at radius 2 is 2.04 bits per heavy atom. The molecule has 0 N–H and O–H groups in total. The van der Waals surface area contributed by atoms with Gasteiger partial charge in [-0.05, 0) is 43.3 Å². The number of anilines is 1. The summed E-state index contributed by atoms with van der Waals surface area (Å²) in [6, 6.07) is 8.99. The van der Waals surface area contributed by atoms with Crippen molar-refractivity contribution in [1.82, 2.24) is 9.97 Å². The van der Waals surface area contributed by atoms with Gasteiger partial charge in [-0.15, -0.1) is 11.3 Å². The zero-order valence-corrected chi connectivity index (χ0v) is 14.3. The first-order chi connectivity index (χ1) is 11.5. The minimum atomic E-state index is -0.366. The van der Waals surface area contributed by atoms with E-state index >= 15 is 0 Å². The van der Waals surface area contributed by atoms with Crippen molar-refractivity contribution >= 4 is 34.5 Å². The number of carbonyl (C=O) groups excluding carboxylic acids is 1. The number of thiazole rings is 1. The number of hydrogen-bond donors (Lipinski definition) is 0. The fraction of sp³-hybridized carbons (Fsp3) is 0.118. The lowest BCUT2D eigenvalue weighted by Crippen LogP contribution is -2.31. The van der Waals surface area contributed by atoms with Crippen molar-refractivity contribution in [2.24, 2.45) is 0 Å². The maximum atomic E-state index is 13.2. The third-order valence-corrected chi connectivity index (χ3v) is 4.48. The average Bonchev–Trinajstić information content (AvgIpc) is 2.99. The van der Waals surface area contributed by atoms with E-state index in [-0.39, 0.29) is 29.0 Å². The molecule has 4 nitrogen and oxygen atoms in total. The van der Waals surface area contributed by atoms with Crippen LogP contribution < -0.4 is 4.90 Å². The van der Waals surface area contributed by atoms with Gasteiger partial charge in [-0.3, -0.25) is 4.79 Å². The predicted molar refractivity (Wildman–Crippen MR) is 93.0 cm³/mol. The number of aryl methyl sites for hydroxylation is 1. The van der Waals surface area contributed by atoms with Crippen molar-refractivity contribution < 1.29 is 9.18 Å². The molecule has 0 aliphatic carbocycles. The largest absolute Gasteiger partial charge is 0.302 e. The number of nitrogens with zero attached hydrogens (tertiary/aromatic N) is 3. The average molecular weight is 362 g/mol. The molecule has 0 saturated heterocycles. The van der Waals surface area contributed by atoms with Gasteiger partial charge in [-0.25, -0.2) is 14.4 Å². The van der Waals surface area contributed by atoms with E-state index in [1.165, 1.54) is 34.6 Å². The number of hydrogen-bond acceptors (Lipinski definition) is 4. The molecule has 0 atom stereocenters. The van der Waals surface area contributed by atoms with E-state index in [2.05, 4.69) is 9.97 Å². The molecular formula is C17H13ClFN3OS. The number of pyridine rings is 1. The topological polar surface area (TPSA) is 46.1 Å². The highest BCUT2D eigenvalue weighted by Crippen LogP contribution is 2.23. The van der Waals surface area contributed by atoms with Crippen LogP contribution in [0.15, 0.2) is 48.0 Å². The van der Waals surface area contributed by atoms with Crippen molar-refractivity contribution in [2.75, 3.05) is 4.90 Å². The van der Waals surface area contributed by atoms with Gasteiger partial charge in [0.25, 0.3) is 5.91 Å². The van der Waals surface area contributed by atoms with E-state index in [1.807, 2.05) is 12.3 Å². The summed E-state index contributed by atoms with van der Waals surface area (Å²) in [5.74, 6) is -0.680. The molecule has 122 valence electrons. The summed E-state index contributed by atoms with van der Waals surface area (Å²) in [5.41, 5.74) is 1.61. The van der Waals surface area contributed by atoms with Crippen LogP contribution in [-0.4, -0.2) is 15.9 Å². The second-order valence-corrected chi connectivity index (χ2v) is 6.49. The fourth-order valence-electron chi connectivity index (χ4n) is 2.24. The van der Waals surface area contributed by atoms with Crippen molar-refractivity contribution in [3.63, 3.8) is 0 Å². The number of aromatic nitrogens is 2. The van der Waals surface area contributed by atoms with Gasteiger partial charge in [0, 0.05) is 17.3 Å². The monoisotopic (exact) mass is 361 g/mol. The van der Waals surface area contributed by atoms with Gasteiger partial charge in [0.1, 0.15) is 11.0 Å². The molecule has 0 spiro atoms. The lowest BCUT2D eigenvalue weighted by molar-refractivity contribution is 0.0984. The molecule has 3 aromatic rings. The molecule has 1 amide bonds. The molecular weight excluding hydrogens is 349 g/mol. The standard InChI is InChI=1S/C17H13ClFN3OS/c1-11-21-13(10-24-11)9-22(14-6-4-12(19)5-7-14)17(23)15-3-2-8-20-16(15)18/h2-8,10H,9H2,1H3. The smallest absolute Gasteiger partial charge is 0.261 e. The van der Waals surface area contributed by atoms with E-state index in [1.54, 1.807) is 24.3 Å². The summed E-state index contributed by atoms with van der Waals surface area (Å²) >= 11 is 7.56. The van der Waals surface area contributed by atoms with Gasteiger partial charge >= 0.3 is 0 Å². The maximum absolute atomic E-state index is 13.2. The van der Waals surface area contributed by atoms with E-state index in [0.717, 1.165) is 10.7 Å². The van der Waals surface area contributed by atoms with Gasteiger partial charge < -0.3 is 4.90 Å². The minimum absolute atomic E-state index is 0.129. The van der Waals surface area contributed by atoms with Crippen LogP contribution in [0.25, 0.3) is 0 Å². The van der Waals surface area contributed by atoms with Crippen LogP contribution in [0.3, 0.4) is 0 Å². The van der Waals surface area contributed by atoms with Gasteiger partial charge in [-0.2, -0.15) is 0 Å². The van der Waals surface area contributed by atoms with Gasteiger partial charge in [0.05, 0.1) is 22.8 Å². The molecule has 0 aliphatic rings. The Bertz CT molecular complexity index is 866.